The van der Waals surface area contributed by atoms with Crippen LogP contribution in [0.15, 0.2) is 0 Å². The van der Waals surface area contributed by atoms with E-state index in [1.54, 1.807) is 0 Å². The standard InChI is InChI=1S/C8H14N2O2S/c11-13(12)5-7(9-1-2-9)8(6-13)10-3-4-10/h7-8H,1-6H2/t7-,8-/m1/s1. The highest BCUT2D eigenvalue weighted by Crippen LogP contribution is 2.29. The highest BCUT2D eigenvalue weighted by molar-refractivity contribution is 7.91. The van der Waals surface area contributed by atoms with Gasteiger partial charge in [-0.15, -0.1) is 0 Å². The highest BCUT2D eigenvalue weighted by Gasteiger charge is 2.48. The molecule has 0 unspecified atom stereocenters. The van der Waals surface area contributed by atoms with Gasteiger partial charge in [0.2, 0.25) is 0 Å². The zero-order valence-electron chi connectivity index (χ0n) is 7.52. The van der Waals surface area contributed by atoms with Crippen LogP contribution < -0.4 is 0 Å². The molecule has 0 spiro atoms. The van der Waals surface area contributed by atoms with Crippen LogP contribution in [0.3, 0.4) is 0 Å². The molecule has 5 heteroatoms. The summed E-state index contributed by atoms with van der Waals surface area (Å²) in [6.07, 6.45) is 0. The minimum Gasteiger partial charge on any atom is -0.295 e. The Hall–Kier alpha value is -0.130. The van der Waals surface area contributed by atoms with Crippen molar-refractivity contribution >= 4 is 9.84 Å². The first kappa shape index (κ1) is 8.20. The summed E-state index contributed by atoms with van der Waals surface area (Å²) in [5.74, 6) is 0.794. The molecule has 3 aliphatic rings. The molecule has 13 heavy (non-hydrogen) atoms. The van der Waals surface area contributed by atoms with Gasteiger partial charge in [0.25, 0.3) is 0 Å². The lowest BCUT2D eigenvalue weighted by Gasteiger charge is -2.19. The summed E-state index contributed by atoms with van der Waals surface area (Å²) in [6.45, 7) is 4.41. The molecule has 3 aliphatic heterocycles. The van der Waals surface area contributed by atoms with Crippen molar-refractivity contribution in [3.05, 3.63) is 0 Å². The SMILES string of the molecule is O=S1(=O)C[C@@H](N2CC2)[C@H](N2CC2)C1. The van der Waals surface area contributed by atoms with E-state index in [0.29, 0.717) is 23.6 Å². The fourth-order valence-corrected chi connectivity index (χ4v) is 4.33. The predicted octanol–water partition coefficient (Wildman–Crippen LogP) is -1.22. The van der Waals surface area contributed by atoms with E-state index in [2.05, 4.69) is 9.80 Å². The van der Waals surface area contributed by atoms with E-state index in [-0.39, 0.29) is 0 Å². The average Bonchev–Trinajstić information content (AvgIpc) is 2.90. The first-order chi connectivity index (χ1) is 6.16. The zero-order valence-corrected chi connectivity index (χ0v) is 8.33. The second-order valence-electron chi connectivity index (χ2n) is 4.28. The van der Waals surface area contributed by atoms with Crippen LogP contribution in [-0.4, -0.2) is 68.0 Å². The fraction of sp³-hybridized carbons (Fsp3) is 1.00. The van der Waals surface area contributed by atoms with Crippen molar-refractivity contribution in [1.82, 2.24) is 9.80 Å². The molecular weight excluding hydrogens is 188 g/mol. The molecule has 74 valence electrons. The van der Waals surface area contributed by atoms with E-state index in [9.17, 15) is 8.42 Å². The van der Waals surface area contributed by atoms with Gasteiger partial charge in [-0.2, -0.15) is 0 Å². The quantitative estimate of drug-likeness (QED) is 0.526. The van der Waals surface area contributed by atoms with Crippen LogP contribution in [0.5, 0.6) is 0 Å². The Bertz CT molecular complexity index is 293. The maximum atomic E-state index is 11.5. The molecule has 2 atom stereocenters. The normalized spacial score (nSPS) is 43.7. The van der Waals surface area contributed by atoms with E-state index < -0.39 is 9.84 Å². The summed E-state index contributed by atoms with van der Waals surface area (Å²) >= 11 is 0. The van der Waals surface area contributed by atoms with Crippen LogP contribution in [0, 0.1) is 0 Å². The molecule has 0 aromatic rings. The molecule has 3 heterocycles. The van der Waals surface area contributed by atoms with Crippen molar-refractivity contribution in [2.24, 2.45) is 0 Å². The lowest BCUT2D eigenvalue weighted by atomic mass is 10.2. The minimum absolute atomic E-state index is 0.312. The van der Waals surface area contributed by atoms with E-state index in [1.165, 1.54) is 0 Å². The molecule has 0 radical (unpaired) electrons. The van der Waals surface area contributed by atoms with Crippen LogP contribution in [0.25, 0.3) is 0 Å². The predicted molar refractivity (Wildman–Crippen MR) is 49.4 cm³/mol. The molecule has 3 saturated heterocycles. The molecule has 0 aliphatic carbocycles. The molecule has 4 nitrogen and oxygen atoms in total. The second-order valence-corrected chi connectivity index (χ2v) is 6.44. The summed E-state index contributed by atoms with van der Waals surface area (Å²) in [4.78, 5) is 4.57. The third-order valence-corrected chi connectivity index (χ3v) is 4.89. The van der Waals surface area contributed by atoms with Gasteiger partial charge in [0, 0.05) is 38.3 Å². The van der Waals surface area contributed by atoms with Gasteiger partial charge >= 0.3 is 0 Å². The average molecular weight is 202 g/mol. The molecule has 0 amide bonds. The van der Waals surface area contributed by atoms with E-state index in [4.69, 9.17) is 0 Å². The van der Waals surface area contributed by atoms with Crippen LogP contribution in [0.2, 0.25) is 0 Å². The van der Waals surface area contributed by atoms with Gasteiger partial charge in [-0.1, -0.05) is 0 Å². The molecule has 0 bridgehead atoms. The zero-order chi connectivity index (χ0) is 9.05. The van der Waals surface area contributed by atoms with Crippen molar-refractivity contribution in [1.29, 1.82) is 0 Å². The Balaban J connectivity index is 1.82. The summed E-state index contributed by atoms with van der Waals surface area (Å²) in [7, 11) is -2.74. The minimum atomic E-state index is -2.74. The Kier molecular flexibility index (Phi) is 1.55. The van der Waals surface area contributed by atoms with Gasteiger partial charge in [-0.3, -0.25) is 9.80 Å². The maximum absolute atomic E-state index is 11.5. The van der Waals surface area contributed by atoms with Crippen molar-refractivity contribution < 1.29 is 8.42 Å². The van der Waals surface area contributed by atoms with E-state index >= 15 is 0 Å². The van der Waals surface area contributed by atoms with Crippen LogP contribution in [0.1, 0.15) is 0 Å². The van der Waals surface area contributed by atoms with E-state index in [1.807, 2.05) is 0 Å². The van der Waals surface area contributed by atoms with Gasteiger partial charge in [0.05, 0.1) is 11.5 Å². The van der Waals surface area contributed by atoms with Gasteiger partial charge in [0.1, 0.15) is 0 Å². The number of nitrogens with zero attached hydrogens (tertiary/aromatic N) is 2. The van der Waals surface area contributed by atoms with Gasteiger partial charge in [0.15, 0.2) is 9.84 Å². The highest BCUT2D eigenvalue weighted by atomic mass is 32.2. The van der Waals surface area contributed by atoms with Gasteiger partial charge in [-0.05, 0) is 0 Å². The van der Waals surface area contributed by atoms with Crippen LogP contribution in [0.4, 0.5) is 0 Å². The Morgan fingerprint density at radius 3 is 1.54 bits per heavy atom. The molecular formula is C8H14N2O2S. The lowest BCUT2D eigenvalue weighted by Crippen LogP contribution is -2.37. The third-order valence-electron chi connectivity index (χ3n) is 3.20. The summed E-state index contributed by atoms with van der Waals surface area (Å²) in [5, 5.41) is 0. The summed E-state index contributed by atoms with van der Waals surface area (Å²) in [5.41, 5.74) is 0. The van der Waals surface area contributed by atoms with Crippen LogP contribution >= 0.6 is 0 Å². The van der Waals surface area contributed by atoms with Gasteiger partial charge < -0.3 is 0 Å². The fourth-order valence-electron chi connectivity index (χ4n) is 2.29. The maximum Gasteiger partial charge on any atom is 0.153 e. The molecule has 0 aromatic carbocycles. The van der Waals surface area contributed by atoms with Gasteiger partial charge in [-0.25, -0.2) is 8.42 Å². The molecule has 0 aromatic heterocycles. The molecule has 3 rings (SSSR count). The molecule has 0 N–H and O–H groups in total. The van der Waals surface area contributed by atoms with Crippen molar-refractivity contribution in [2.75, 3.05) is 37.7 Å². The number of hydrogen-bond acceptors (Lipinski definition) is 4. The smallest absolute Gasteiger partial charge is 0.153 e. The number of sulfone groups is 1. The first-order valence-electron chi connectivity index (χ1n) is 4.84. The third kappa shape index (κ3) is 1.49. The van der Waals surface area contributed by atoms with Crippen molar-refractivity contribution in [3.8, 4) is 0 Å². The van der Waals surface area contributed by atoms with Crippen LogP contribution in [-0.2, 0) is 9.84 Å². The first-order valence-corrected chi connectivity index (χ1v) is 6.66. The largest absolute Gasteiger partial charge is 0.295 e. The van der Waals surface area contributed by atoms with Crippen molar-refractivity contribution in [3.63, 3.8) is 0 Å². The number of hydrogen-bond donors (Lipinski definition) is 0. The summed E-state index contributed by atoms with van der Waals surface area (Å²) < 4.78 is 22.9. The van der Waals surface area contributed by atoms with E-state index in [0.717, 1.165) is 26.2 Å². The number of rotatable bonds is 2. The topological polar surface area (TPSA) is 40.2 Å². The Morgan fingerprint density at radius 1 is 0.846 bits per heavy atom. The molecule has 0 saturated carbocycles. The Labute approximate surface area is 78.4 Å². The Morgan fingerprint density at radius 2 is 1.23 bits per heavy atom. The second kappa shape index (κ2) is 2.46. The summed E-state index contributed by atoms with van der Waals surface area (Å²) in [6, 6.07) is 0.625. The molecule has 3 fully saturated rings. The van der Waals surface area contributed by atoms with Crippen molar-refractivity contribution in [2.45, 2.75) is 12.1 Å². The monoisotopic (exact) mass is 202 g/mol. The lowest BCUT2D eigenvalue weighted by molar-refractivity contribution is 0.293.